The molecule has 0 fully saturated rings. The summed E-state index contributed by atoms with van der Waals surface area (Å²) >= 11 is 0. The smallest absolute Gasteiger partial charge is 0.231 e. The Morgan fingerprint density at radius 1 is 1.07 bits per heavy atom. The number of hydrogen-bond acceptors (Lipinski definition) is 4. The highest BCUT2D eigenvalue weighted by Crippen LogP contribution is 2.32. The average Bonchev–Trinajstić information content (AvgIpc) is 3.36. The van der Waals surface area contributed by atoms with E-state index in [1.54, 1.807) is 6.26 Å². The first-order chi connectivity index (χ1) is 13.2. The predicted molar refractivity (Wildman–Crippen MR) is 101 cm³/mol. The van der Waals surface area contributed by atoms with Crippen molar-refractivity contribution in [2.24, 2.45) is 0 Å². The van der Waals surface area contributed by atoms with E-state index in [1.807, 2.05) is 61.5 Å². The lowest BCUT2D eigenvalue weighted by molar-refractivity contribution is -0.122. The monoisotopic (exact) mass is 363 g/mol. The van der Waals surface area contributed by atoms with Gasteiger partial charge in [0.05, 0.1) is 12.2 Å². The zero-order chi connectivity index (χ0) is 18.6. The fourth-order valence-electron chi connectivity index (χ4n) is 3.15. The SMILES string of the molecule is Cc1ccc(C(Cc2ccco2)C(=O)NCc2ccc3c(c2)OCO3)cc1. The highest BCUT2D eigenvalue weighted by molar-refractivity contribution is 5.84. The van der Waals surface area contributed by atoms with Gasteiger partial charge in [-0.15, -0.1) is 0 Å². The number of amides is 1. The van der Waals surface area contributed by atoms with Gasteiger partial charge in [-0.1, -0.05) is 35.9 Å². The highest BCUT2D eigenvalue weighted by atomic mass is 16.7. The van der Waals surface area contributed by atoms with Crippen LogP contribution >= 0.6 is 0 Å². The Labute approximate surface area is 157 Å². The number of rotatable bonds is 6. The predicted octanol–water partition coefficient (Wildman–Crippen LogP) is 3.96. The maximum Gasteiger partial charge on any atom is 0.231 e. The van der Waals surface area contributed by atoms with Gasteiger partial charge in [0, 0.05) is 13.0 Å². The number of benzene rings is 2. The van der Waals surface area contributed by atoms with Crippen molar-refractivity contribution in [1.29, 1.82) is 0 Å². The van der Waals surface area contributed by atoms with Gasteiger partial charge in [0.15, 0.2) is 11.5 Å². The third-order valence-electron chi connectivity index (χ3n) is 4.69. The Balaban J connectivity index is 1.48. The molecule has 1 amide bonds. The number of carbonyl (C=O) groups is 1. The number of fused-ring (bicyclic) bond motifs is 1. The van der Waals surface area contributed by atoms with Crippen molar-refractivity contribution in [2.45, 2.75) is 25.8 Å². The normalized spacial score (nSPS) is 13.4. The van der Waals surface area contributed by atoms with Crippen LogP contribution in [-0.2, 0) is 17.8 Å². The van der Waals surface area contributed by atoms with Crippen molar-refractivity contribution in [3.8, 4) is 11.5 Å². The zero-order valence-corrected chi connectivity index (χ0v) is 15.1. The van der Waals surface area contributed by atoms with Crippen LogP contribution in [0.1, 0.15) is 28.4 Å². The molecule has 1 aromatic heterocycles. The lowest BCUT2D eigenvalue weighted by Gasteiger charge is -2.17. The summed E-state index contributed by atoms with van der Waals surface area (Å²) in [6.45, 7) is 2.70. The molecule has 0 spiro atoms. The van der Waals surface area contributed by atoms with Crippen LogP contribution in [-0.4, -0.2) is 12.7 Å². The molecule has 1 atom stereocenters. The Morgan fingerprint density at radius 3 is 2.67 bits per heavy atom. The Kier molecular flexibility index (Phi) is 4.83. The third kappa shape index (κ3) is 3.97. The fourth-order valence-corrected chi connectivity index (χ4v) is 3.15. The summed E-state index contributed by atoms with van der Waals surface area (Å²) in [6, 6.07) is 17.5. The van der Waals surface area contributed by atoms with Crippen LogP contribution in [0.4, 0.5) is 0 Å². The van der Waals surface area contributed by atoms with Gasteiger partial charge in [-0.2, -0.15) is 0 Å². The molecule has 5 nitrogen and oxygen atoms in total. The Hall–Kier alpha value is -3.21. The van der Waals surface area contributed by atoms with Gasteiger partial charge in [0.1, 0.15) is 5.76 Å². The number of nitrogens with one attached hydrogen (secondary N) is 1. The minimum atomic E-state index is -0.314. The standard InChI is InChI=1S/C22H21NO4/c1-15-4-7-17(8-5-15)19(12-18-3-2-10-25-18)22(24)23-13-16-6-9-20-21(11-16)27-14-26-20/h2-11,19H,12-14H2,1H3,(H,23,24). The van der Waals surface area contributed by atoms with Crippen molar-refractivity contribution >= 4 is 5.91 Å². The van der Waals surface area contributed by atoms with Crippen LogP contribution in [0.15, 0.2) is 65.3 Å². The van der Waals surface area contributed by atoms with E-state index in [9.17, 15) is 4.79 Å². The number of furan rings is 1. The maximum atomic E-state index is 13.0. The summed E-state index contributed by atoms with van der Waals surface area (Å²) in [5, 5.41) is 3.04. The van der Waals surface area contributed by atoms with Gasteiger partial charge in [-0.3, -0.25) is 4.79 Å². The van der Waals surface area contributed by atoms with E-state index in [4.69, 9.17) is 13.9 Å². The maximum absolute atomic E-state index is 13.0. The van der Waals surface area contributed by atoms with Crippen molar-refractivity contribution in [3.05, 3.63) is 83.3 Å². The first-order valence-electron chi connectivity index (χ1n) is 8.94. The van der Waals surface area contributed by atoms with Crippen molar-refractivity contribution in [3.63, 3.8) is 0 Å². The van der Waals surface area contributed by atoms with Gasteiger partial charge >= 0.3 is 0 Å². The molecule has 2 heterocycles. The zero-order valence-electron chi connectivity index (χ0n) is 15.1. The topological polar surface area (TPSA) is 60.7 Å². The van der Waals surface area contributed by atoms with E-state index in [0.717, 1.165) is 28.2 Å². The van der Waals surface area contributed by atoms with E-state index in [1.165, 1.54) is 0 Å². The van der Waals surface area contributed by atoms with Crippen LogP contribution in [0.3, 0.4) is 0 Å². The molecule has 0 radical (unpaired) electrons. The molecular weight excluding hydrogens is 342 g/mol. The van der Waals surface area contributed by atoms with Crippen molar-refractivity contribution in [2.75, 3.05) is 6.79 Å². The molecule has 27 heavy (non-hydrogen) atoms. The second-order valence-electron chi connectivity index (χ2n) is 6.65. The quantitative estimate of drug-likeness (QED) is 0.720. The van der Waals surface area contributed by atoms with Crippen LogP contribution < -0.4 is 14.8 Å². The van der Waals surface area contributed by atoms with E-state index < -0.39 is 0 Å². The van der Waals surface area contributed by atoms with E-state index in [0.29, 0.717) is 18.7 Å². The summed E-state index contributed by atoms with van der Waals surface area (Å²) < 4.78 is 16.2. The minimum absolute atomic E-state index is 0.0343. The number of carbonyl (C=O) groups excluding carboxylic acids is 1. The Bertz CT molecular complexity index is 916. The van der Waals surface area contributed by atoms with Crippen LogP contribution in [0, 0.1) is 6.92 Å². The van der Waals surface area contributed by atoms with Crippen LogP contribution in [0.25, 0.3) is 0 Å². The first-order valence-corrected chi connectivity index (χ1v) is 8.94. The molecule has 2 aromatic carbocycles. The van der Waals surface area contributed by atoms with E-state index in [2.05, 4.69) is 5.32 Å². The van der Waals surface area contributed by atoms with E-state index >= 15 is 0 Å². The molecule has 5 heteroatoms. The fraction of sp³-hybridized carbons (Fsp3) is 0.227. The van der Waals surface area contributed by atoms with Gasteiger partial charge in [0.2, 0.25) is 12.7 Å². The van der Waals surface area contributed by atoms with Crippen molar-refractivity contribution < 1.29 is 18.7 Å². The van der Waals surface area contributed by atoms with Gasteiger partial charge < -0.3 is 19.2 Å². The molecular formula is C22H21NO4. The summed E-state index contributed by atoms with van der Waals surface area (Å²) in [5.41, 5.74) is 3.10. The van der Waals surface area contributed by atoms with Gasteiger partial charge in [-0.25, -0.2) is 0 Å². The molecule has 0 saturated carbocycles. The number of hydrogen-bond donors (Lipinski definition) is 1. The van der Waals surface area contributed by atoms with Crippen LogP contribution in [0.5, 0.6) is 11.5 Å². The second-order valence-corrected chi connectivity index (χ2v) is 6.65. The average molecular weight is 363 g/mol. The molecule has 1 unspecified atom stereocenters. The number of aryl methyl sites for hydroxylation is 1. The summed E-state index contributed by atoms with van der Waals surface area (Å²) in [4.78, 5) is 13.0. The molecule has 0 aliphatic carbocycles. The molecule has 0 bridgehead atoms. The molecule has 1 aliphatic rings. The minimum Gasteiger partial charge on any atom is -0.469 e. The molecule has 1 aliphatic heterocycles. The van der Waals surface area contributed by atoms with Crippen LogP contribution in [0.2, 0.25) is 0 Å². The lowest BCUT2D eigenvalue weighted by atomic mass is 9.93. The molecule has 0 saturated heterocycles. The summed E-state index contributed by atoms with van der Waals surface area (Å²) in [5.74, 6) is 1.89. The molecule has 3 aromatic rings. The second kappa shape index (κ2) is 7.58. The van der Waals surface area contributed by atoms with Gasteiger partial charge in [0.25, 0.3) is 0 Å². The molecule has 138 valence electrons. The third-order valence-corrected chi connectivity index (χ3v) is 4.69. The summed E-state index contributed by atoms with van der Waals surface area (Å²) in [6.07, 6.45) is 2.15. The number of ether oxygens (including phenoxy) is 2. The first kappa shape index (κ1) is 17.2. The Morgan fingerprint density at radius 2 is 1.89 bits per heavy atom. The van der Waals surface area contributed by atoms with E-state index in [-0.39, 0.29) is 18.6 Å². The highest BCUT2D eigenvalue weighted by Gasteiger charge is 2.22. The molecule has 4 rings (SSSR count). The molecule has 1 N–H and O–H groups in total. The van der Waals surface area contributed by atoms with Gasteiger partial charge in [-0.05, 0) is 42.3 Å². The largest absolute Gasteiger partial charge is 0.469 e. The lowest BCUT2D eigenvalue weighted by Crippen LogP contribution is -2.30. The summed E-state index contributed by atoms with van der Waals surface area (Å²) in [7, 11) is 0. The van der Waals surface area contributed by atoms with Crippen molar-refractivity contribution in [1.82, 2.24) is 5.32 Å².